The molecule has 0 saturated heterocycles. The molecule has 214 valence electrons. The summed E-state index contributed by atoms with van der Waals surface area (Å²) < 4.78 is 17.1. The van der Waals surface area contributed by atoms with Crippen molar-refractivity contribution in [1.29, 1.82) is 0 Å². The molecule has 0 aliphatic carbocycles. The molecule has 0 N–H and O–H groups in total. The second-order valence-electron chi connectivity index (χ2n) is 11.4. The number of carbonyl (C=O) groups is 2. The smallest absolute Gasteiger partial charge is 0.305 e. The quantitative estimate of drug-likeness (QED) is 0.0636. The fourth-order valence-corrected chi connectivity index (χ4v) is 5.43. The van der Waals surface area contributed by atoms with Crippen LogP contribution >= 0.6 is 0 Å². The summed E-state index contributed by atoms with van der Waals surface area (Å²) in [4.78, 5) is 24.4. The average Bonchev–Trinajstić information content (AvgIpc) is 2.82. The van der Waals surface area contributed by atoms with E-state index in [9.17, 15) is 9.59 Å². The summed E-state index contributed by atoms with van der Waals surface area (Å²) in [6.07, 6.45) is 22.5. The Morgan fingerprint density at radius 3 is 1.14 bits per heavy atom. The maximum atomic E-state index is 12.2. The van der Waals surface area contributed by atoms with Crippen LogP contribution in [0.5, 0.6) is 0 Å². The van der Waals surface area contributed by atoms with Crippen molar-refractivity contribution >= 4 is 20.3 Å². The van der Waals surface area contributed by atoms with Crippen LogP contribution in [0.25, 0.3) is 0 Å². The molecule has 6 heteroatoms. The Morgan fingerprint density at radius 1 is 0.528 bits per heavy atom. The molecule has 5 nitrogen and oxygen atoms in total. The minimum Gasteiger partial charge on any atom is -0.463 e. The van der Waals surface area contributed by atoms with E-state index in [4.69, 9.17) is 13.9 Å². The van der Waals surface area contributed by atoms with Crippen LogP contribution in [0.15, 0.2) is 0 Å². The Hall–Kier alpha value is -0.883. The summed E-state index contributed by atoms with van der Waals surface area (Å²) in [5.41, 5.74) is 0. The predicted octanol–water partition coefficient (Wildman–Crippen LogP) is 9.13. The first-order valence-electron chi connectivity index (χ1n) is 15.3. The average molecular weight is 529 g/mol. The lowest BCUT2D eigenvalue weighted by Gasteiger charge is -2.26. The molecule has 0 fully saturated rings. The number of carbonyl (C=O) groups excluding carboxylic acids is 2. The van der Waals surface area contributed by atoms with Crippen LogP contribution in [0.2, 0.25) is 19.6 Å². The normalized spacial score (nSPS) is 11.7. The number of ether oxygens (including phenoxy) is 2. The van der Waals surface area contributed by atoms with Crippen LogP contribution in [-0.2, 0) is 23.5 Å². The van der Waals surface area contributed by atoms with Crippen LogP contribution in [0.3, 0.4) is 0 Å². The van der Waals surface area contributed by atoms with Gasteiger partial charge in [-0.1, -0.05) is 117 Å². The first kappa shape index (κ1) is 35.1. The number of hydrogen-bond donors (Lipinski definition) is 0. The fourth-order valence-electron chi connectivity index (χ4n) is 4.29. The van der Waals surface area contributed by atoms with Gasteiger partial charge in [-0.2, -0.15) is 0 Å². The highest BCUT2D eigenvalue weighted by atomic mass is 28.4. The summed E-state index contributed by atoms with van der Waals surface area (Å²) in [5.74, 6) is -0.355. The van der Waals surface area contributed by atoms with Gasteiger partial charge in [-0.15, -0.1) is 0 Å². The van der Waals surface area contributed by atoms with E-state index in [1.807, 2.05) is 0 Å². The van der Waals surface area contributed by atoms with E-state index in [0.29, 0.717) is 12.8 Å². The highest BCUT2D eigenvalue weighted by Gasteiger charge is 2.23. The number of unbranched alkanes of at least 4 members (excludes halogenated alkanes) is 16. The molecule has 0 heterocycles. The first-order chi connectivity index (χ1) is 17.3. The third-order valence-electron chi connectivity index (χ3n) is 6.35. The Balaban J connectivity index is 3.97. The highest BCUT2D eigenvalue weighted by molar-refractivity contribution is 6.69. The Kier molecular flexibility index (Phi) is 23.9. The summed E-state index contributed by atoms with van der Waals surface area (Å²) in [7, 11) is -1.85. The molecule has 0 aliphatic heterocycles. The van der Waals surface area contributed by atoms with E-state index >= 15 is 0 Å². The lowest BCUT2D eigenvalue weighted by Crippen LogP contribution is -2.38. The van der Waals surface area contributed by atoms with Crippen molar-refractivity contribution < 1.29 is 23.5 Å². The fraction of sp³-hybridized carbons (Fsp3) is 0.933. The molecule has 0 bridgehead atoms. The van der Waals surface area contributed by atoms with Gasteiger partial charge in [0.05, 0.1) is 0 Å². The summed E-state index contributed by atoms with van der Waals surface area (Å²) in [6, 6.07) is 0. The summed E-state index contributed by atoms with van der Waals surface area (Å²) in [6.45, 7) is 11.1. The largest absolute Gasteiger partial charge is 0.463 e. The van der Waals surface area contributed by atoms with Crippen LogP contribution in [0.1, 0.15) is 142 Å². The van der Waals surface area contributed by atoms with Crippen LogP contribution in [-0.4, -0.2) is 39.6 Å². The monoisotopic (exact) mass is 528 g/mol. The number of esters is 2. The van der Waals surface area contributed by atoms with Gasteiger partial charge in [0.2, 0.25) is 0 Å². The molecule has 0 aromatic carbocycles. The standard InChI is InChI=1S/C30H60O5Si/c1-6-8-10-12-14-16-18-20-22-24-29(31)33-26-28(35-36(3,4)5)27-34-30(32)25-23-21-19-17-15-13-11-9-7-2/h28H,6-27H2,1-5H3. The van der Waals surface area contributed by atoms with Crippen LogP contribution in [0.4, 0.5) is 0 Å². The van der Waals surface area contributed by atoms with Crippen molar-refractivity contribution in [2.24, 2.45) is 0 Å². The van der Waals surface area contributed by atoms with Gasteiger partial charge in [0, 0.05) is 12.8 Å². The second kappa shape index (κ2) is 24.5. The predicted molar refractivity (Wildman–Crippen MR) is 154 cm³/mol. The summed E-state index contributed by atoms with van der Waals surface area (Å²) >= 11 is 0. The number of rotatable bonds is 26. The van der Waals surface area contributed by atoms with Crippen molar-refractivity contribution in [3.63, 3.8) is 0 Å². The molecular weight excluding hydrogens is 468 g/mol. The van der Waals surface area contributed by atoms with Crippen molar-refractivity contribution in [2.45, 2.75) is 168 Å². The highest BCUT2D eigenvalue weighted by Crippen LogP contribution is 2.14. The van der Waals surface area contributed by atoms with E-state index in [-0.39, 0.29) is 31.3 Å². The third-order valence-corrected chi connectivity index (χ3v) is 7.39. The van der Waals surface area contributed by atoms with E-state index in [1.54, 1.807) is 0 Å². The topological polar surface area (TPSA) is 61.8 Å². The molecule has 0 amide bonds. The Labute approximate surface area is 224 Å². The third kappa shape index (κ3) is 26.2. The van der Waals surface area contributed by atoms with Gasteiger partial charge in [-0.25, -0.2) is 0 Å². The zero-order chi connectivity index (χ0) is 26.9. The molecule has 0 saturated carbocycles. The molecule has 0 aliphatic rings. The van der Waals surface area contributed by atoms with Gasteiger partial charge < -0.3 is 13.9 Å². The Morgan fingerprint density at radius 2 is 0.833 bits per heavy atom. The zero-order valence-electron chi connectivity index (χ0n) is 24.7. The van der Waals surface area contributed by atoms with Crippen molar-refractivity contribution in [3.8, 4) is 0 Å². The molecule has 0 aromatic rings. The second-order valence-corrected chi connectivity index (χ2v) is 15.8. The van der Waals surface area contributed by atoms with Gasteiger partial charge in [-0.05, 0) is 32.5 Å². The van der Waals surface area contributed by atoms with Gasteiger partial charge in [-0.3, -0.25) is 9.59 Å². The molecule has 0 atom stereocenters. The Bertz CT molecular complexity index is 480. The van der Waals surface area contributed by atoms with Crippen LogP contribution < -0.4 is 0 Å². The van der Waals surface area contributed by atoms with Gasteiger partial charge >= 0.3 is 11.9 Å². The van der Waals surface area contributed by atoms with E-state index < -0.39 is 8.32 Å². The molecule has 0 rings (SSSR count). The van der Waals surface area contributed by atoms with Gasteiger partial charge in [0.25, 0.3) is 0 Å². The molecule has 0 spiro atoms. The lowest BCUT2D eigenvalue weighted by atomic mass is 10.1. The van der Waals surface area contributed by atoms with Gasteiger partial charge in [0.1, 0.15) is 19.3 Å². The van der Waals surface area contributed by atoms with Crippen molar-refractivity contribution in [1.82, 2.24) is 0 Å². The van der Waals surface area contributed by atoms with Gasteiger partial charge in [0.15, 0.2) is 8.32 Å². The minimum atomic E-state index is -1.85. The van der Waals surface area contributed by atoms with E-state index in [2.05, 4.69) is 33.5 Å². The van der Waals surface area contributed by atoms with E-state index in [0.717, 1.165) is 25.7 Å². The minimum absolute atomic E-state index is 0.159. The molecular formula is C30H60O5Si. The molecule has 0 radical (unpaired) electrons. The summed E-state index contributed by atoms with van der Waals surface area (Å²) in [5, 5.41) is 0. The first-order valence-corrected chi connectivity index (χ1v) is 18.7. The molecule has 0 unspecified atom stereocenters. The molecule has 36 heavy (non-hydrogen) atoms. The number of hydrogen-bond acceptors (Lipinski definition) is 5. The molecule has 0 aromatic heterocycles. The maximum absolute atomic E-state index is 12.2. The van der Waals surface area contributed by atoms with Crippen molar-refractivity contribution in [3.05, 3.63) is 0 Å². The van der Waals surface area contributed by atoms with E-state index in [1.165, 1.54) is 89.9 Å². The lowest BCUT2D eigenvalue weighted by molar-refractivity contribution is -0.151. The SMILES string of the molecule is CCCCCCCCCCCC(=O)OCC(COC(=O)CCCCCCCCCCC)O[Si](C)(C)C. The van der Waals surface area contributed by atoms with Crippen molar-refractivity contribution in [2.75, 3.05) is 13.2 Å². The van der Waals surface area contributed by atoms with Crippen LogP contribution in [0, 0.1) is 0 Å². The zero-order valence-corrected chi connectivity index (χ0v) is 25.7. The maximum Gasteiger partial charge on any atom is 0.305 e.